The minimum atomic E-state index is -0.492. The zero-order valence-electron chi connectivity index (χ0n) is 17.0. The molecular weight excluding hydrogens is 373 g/mol. The molecule has 0 spiro atoms. The fourth-order valence-electron chi connectivity index (χ4n) is 3.49. The van der Waals surface area contributed by atoms with Crippen LogP contribution in [0.3, 0.4) is 0 Å². The van der Waals surface area contributed by atoms with E-state index in [2.05, 4.69) is 18.4 Å². The van der Waals surface area contributed by atoms with E-state index in [1.165, 1.54) is 30.3 Å². The Balaban J connectivity index is 1.77. The minimum Gasteiger partial charge on any atom is -0.342 e. The first-order valence-corrected chi connectivity index (χ1v) is 10.1. The quantitative estimate of drug-likeness (QED) is 0.537. The van der Waals surface area contributed by atoms with E-state index in [1.807, 2.05) is 18.3 Å². The van der Waals surface area contributed by atoms with Crippen molar-refractivity contribution in [2.75, 3.05) is 6.54 Å². The number of halogens is 3. The Morgan fingerprint density at radius 1 is 0.862 bits per heavy atom. The number of quaternary nitrogens is 1. The van der Waals surface area contributed by atoms with Gasteiger partial charge in [0.15, 0.2) is 0 Å². The summed E-state index contributed by atoms with van der Waals surface area (Å²) in [7, 11) is 0. The third-order valence-corrected chi connectivity index (χ3v) is 5.18. The fraction of sp³-hybridized carbons (Fsp3) is 0.333. The molecule has 2 nitrogen and oxygen atoms in total. The molecule has 3 rings (SSSR count). The van der Waals surface area contributed by atoms with Crippen molar-refractivity contribution in [3.05, 3.63) is 95.1 Å². The van der Waals surface area contributed by atoms with Gasteiger partial charge in [-0.15, -0.1) is 0 Å². The number of rotatable bonds is 9. The maximum absolute atomic E-state index is 14.2. The van der Waals surface area contributed by atoms with E-state index in [9.17, 15) is 13.2 Å². The molecule has 0 saturated heterocycles. The van der Waals surface area contributed by atoms with Crippen LogP contribution in [0.5, 0.6) is 0 Å². The third kappa shape index (κ3) is 5.97. The average molecular weight is 401 g/mol. The Kier molecular flexibility index (Phi) is 7.15. The van der Waals surface area contributed by atoms with Crippen molar-refractivity contribution in [1.82, 2.24) is 4.57 Å². The molecule has 0 bridgehead atoms. The highest BCUT2D eigenvalue weighted by Crippen LogP contribution is 2.12. The minimum absolute atomic E-state index is 0.142. The molecule has 1 unspecified atom stereocenters. The number of aromatic nitrogens is 1. The molecule has 0 aliphatic heterocycles. The summed E-state index contributed by atoms with van der Waals surface area (Å²) >= 11 is 0. The second-order valence-electron chi connectivity index (χ2n) is 7.99. The van der Waals surface area contributed by atoms with E-state index in [1.54, 1.807) is 12.1 Å². The van der Waals surface area contributed by atoms with Crippen LogP contribution in [-0.4, -0.2) is 11.1 Å². The number of nitrogens with one attached hydrogen (secondary N) is 1. The standard InChI is InChI=1S/C24H27F3N2/c1-18(2)12-14-28(17-22-23(26)6-3-7-24(22)27)16-21-5-4-13-29(21)15-19-8-10-20(25)11-9-19/h3-11,13,18H,12,14-17H2,1-2H3/p+1. The van der Waals surface area contributed by atoms with Crippen molar-refractivity contribution in [2.45, 2.75) is 39.9 Å². The molecule has 1 heterocycles. The summed E-state index contributed by atoms with van der Waals surface area (Å²) in [6.45, 7) is 6.72. The van der Waals surface area contributed by atoms with Crippen LogP contribution in [0.2, 0.25) is 0 Å². The summed E-state index contributed by atoms with van der Waals surface area (Å²) < 4.78 is 43.7. The molecule has 1 aromatic heterocycles. The fourth-order valence-corrected chi connectivity index (χ4v) is 3.49. The predicted molar refractivity (Wildman–Crippen MR) is 109 cm³/mol. The van der Waals surface area contributed by atoms with Gasteiger partial charge in [-0.2, -0.15) is 0 Å². The van der Waals surface area contributed by atoms with E-state index in [0.717, 1.165) is 29.1 Å². The van der Waals surface area contributed by atoms with Gasteiger partial charge >= 0.3 is 0 Å². The van der Waals surface area contributed by atoms with E-state index >= 15 is 0 Å². The molecule has 0 aliphatic rings. The highest BCUT2D eigenvalue weighted by atomic mass is 19.1. The Morgan fingerprint density at radius 2 is 1.55 bits per heavy atom. The summed E-state index contributed by atoms with van der Waals surface area (Å²) in [5, 5.41) is 0. The molecular formula is C24H28F3N2+. The first-order chi connectivity index (χ1) is 13.9. The van der Waals surface area contributed by atoms with E-state index < -0.39 is 11.6 Å². The lowest BCUT2D eigenvalue weighted by atomic mass is 10.1. The van der Waals surface area contributed by atoms with Gasteiger partial charge in [-0.05, 0) is 54.3 Å². The molecule has 1 atom stereocenters. The van der Waals surface area contributed by atoms with E-state index in [-0.39, 0.29) is 11.4 Å². The number of nitrogens with zero attached hydrogens (tertiary/aromatic N) is 1. The molecule has 0 radical (unpaired) electrons. The summed E-state index contributed by atoms with van der Waals surface area (Å²) in [5.74, 6) is -0.721. The highest BCUT2D eigenvalue weighted by molar-refractivity contribution is 5.19. The summed E-state index contributed by atoms with van der Waals surface area (Å²) in [6, 6.07) is 14.5. The van der Waals surface area contributed by atoms with Gasteiger partial charge in [-0.25, -0.2) is 13.2 Å². The summed E-state index contributed by atoms with van der Waals surface area (Å²) in [5.41, 5.74) is 2.24. The topological polar surface area (TPSA) is 9.37 Å². The highest BCUT2D eigenvalue weighted by Gasteiger charge is 2.19. The molecule has 1 N–H and O–H groups in total. The Labute approximate surface area is 170 Å². The van der Waals surface area contributed by atoms with Crippen molar-refractivity contribution >= 4 is 0 Å². The Hall–Kier alpha value is -2.53. The van der Waals surface area contributed by atoms with Crippen molar-refractivity contribution < 1.29 is 18.1 Å². The van der Waals surface area contributed by atoms with E-state index in [4.69, 9.17) is 0 Å². The largest absolute Gasteiger partial charge is 0.342 e. The van der Waals surface area contributed by atoms with Crippen LogP contribution in [0.1, 0.15) is 37.1 Å². The van der Waals surface area contributed by atoms with Crippen LogP contribution >= 0.6 is 0 Å². The van der Waals surface area contributed by atoms with Crippen LogP contribution in [0.15, 0.2) is 60.8 Å². The Bertz CT molecular complexity index is 896. The SMILES string of the molecule is CC(C)CC[NH+](Cc1c(F)cccc1F)Cc1cccn1Cc1ccc(F)cc1. The molecule has 154 valence electrons. The van der Waals surface area contributed by atoms with Crippen molar-refractivity contribution in [3.8, 4) is 0 Å². The molecule has 2 aromatic carbocycles. The lowest BCUT2D eigenvalue weighted by Crippen LogP contribution is -3.09. The predicted octanol–water partition coefficient (Wildman–Crippen LogP) is 4.58. The van der Waals surface area contributed by atoms with Gasteiger partial charge in [0.1, 0.15) is 30.5 Å². The average Bonchev–Trinajstić information content (AvgIpc) is 3.11. The lowest BCUT2D eigenvalue weighted by Gasteiger charge is -2.22. The van der Waals surface area contributed by atoms with E-state index in [0.29, 0.717) is 25.6 Å². The van der Waals surface area contributed by atoms with Gasteiger partial charge in [0.05, 0.1) is 17.8 Å². The Morgan fingerprint density at radius 3 is 2.21 bits per heavy atom. The molecule has 0 fully saturated rings. The van der Waals surface area contributed by atoms with Gasteiger partial charge in [-0.3, -0.25) is 0 Å². The smallest absolute Gasteiger partial charge is 0.135 e. The van der Waals surface area contributed by atoms with Crippen LogP contribution in [0.4, 0.5) is 13.2 Å². The summed E-state index contributed by atoms with van der Waals surface area (Å²) in [6.07, 6.45) is 2.96. The number of benzene rings is 2. The van der Waals surface area contributed by atoms with Crippen LogP contribution in [0.25, 0.3) is 0 Å². The van der Waals surface area contributed by atoms with Crippen molar-refractivity contribution in [2.24, 2.45) is 5.92 Å². The van der Waals surface area contributed by atoms with Crippen molar-refractivity contribution in [1.29, 1.82) is 0 Å². The third-order valence-electron chi connectivity index (χ3n) is 5.18. The first kappa shape index (κ1) is 21.2. The second kappa shape index (κ2) is 9.79. The molecule has 3 aromatic rings. The monoisotopic (exact) mass is 401 g/mol. The molecule has 0 amide bonds. The van der Waals surface area contributed by atoms with Gasteiger partial charge in [0.2, 0.25) is 0 Å². The lowest BCUT2D eigenvalue weighted by molar-refractivity contribution is -0.928. The molecule has 0 aliphatic carbocycles. The number of hydrogen-bond acceptors (Lipinski definition) is 0. The van der Waals surface area contributed by atoms with Crippen LogP contribution in [0, 0.1) is 23.4 Å². The molecule has 0 saturated carbocycles. The zero-order chi connectivity index (χ0) is 20.8. The van der Waals surface area contributed by atoms with Gasteiger partial charge in [0.25, 0.3) is 0 Å². The van der Waals surface area contributed by atoms with Crippen LogP contribution in [-0.2, 0) is 19.6 Å². The second-order valence-corrected chi connectivity index (χ2v) is 7.99. The maximum atomic E-state index is 14.2. The molecule has 29 heavy (non-hydrogen) atoms. The van der Waals surface area contributed by atoms with Gasteiger partial charge in [-0.1, -0.05) is 32.0 Å². The van der Waals surface area contributed by atoms with Crippen LogP contribution < -0.4 is 4.90 Å². The zero-order valence-corrected chi connectivity index (χ0v) is 17.0. The number of hydrogen-bond donors (Lipinski definition) is 1. The van der Waals surface area contributed by atoms with Gasteiger partial charge in [0, 0.05) is 12.7 Å². The maximum Gasteiger partial charge on any atom is 0.135 e. The molecule has 5 heteroatoms. The summed E-state index contributed by atoms with van der Waals surface area (Å²) in [4.78, 5) is 1.11. The van der Waals surface area contributed by atoms with Gasteiger partial charge < -0.3 is 9.47 Å². The normalized spacial score (nSPS) is 12.5. The first-order valence-electron chi connectivity index (χ1n) is 10.1. The van der Waals surface area contributed by atoms with Crippen molar-refractivity contribution in [3.63, 3.8) is 0 Å².